The van der Waals surface area contributed by atoms with Crippen LogP contribution in [0.3, 0.4) is 0 Å². The first-order valence-corrected chi connectivity index (χ1v) is 25.6. The molecule has 74 heavy (non-hydrogen) atoms. The number of esters is 1. The molecule has 6 aliphatic heterocycles. The van der Waals surface area contributed by atoms with Crippen LogP contribution in [-0.4, -0.2) is 138 Å². The summed E-state index contributed by atoms with van der Waals surface area (Å²) in [5.41, 5.74) is -1.85. The van der Waals surface area contributed by atoms with Crippen molar-refractivity contribution in [1.82, 2.24) is 15.1 Å². The predicted molar refractivity (Wildman–Crippen MR) is 272 cm³/mol. The van der Waals surface area contributed by atoms with Crippen molar-refractivity contribution in [3.8, 4) is 11.5 Å². The number of carbonyl (C=O) groups is 5. The molecule has 0 saturated carbocycles. The molecular formula is C56H72N4O14. The third-order valence-electron chi connectivity index (χ3n) is 15.3. The molecule has 2 amide bonds. The fraction of sp³-hybridized carbons (Fsp3) is 0.571. The maximum atomic E-state index is 16.0. The molecule has 1 spiro atoms. The van der Waals surface area contributed by atoms with E-state index >= 15 is 9.59 Å². The minimum atomic E-state index is -2.70. The summed E-state index contributed by atoms with van der Waals surface area (Å²) in [6.07, 6.45) is 7.54. The van der Waals surface area contributed by atoms with Crippen LogP contribution in [0.2, 0.25) is 0 Å². The van der Waals surface area contributed by atoms with Crippen LogP contribution in [0.5, 0.6) is 11.5 Å². The molecular weight excluding hydrogens is 953 g/mol. The summed E-state index contributed by atoms with van der Waals surface area (Å²) in [5.74, 6) is -11.1. The van der Waals surface area contributed by atoms with Crippen molar-refractivity contribution >= 4 is 35.2 Å². The average Bonchev–Trinajstić information content (AvgIpc) is 3.83. The smallest absolute Gasteiger partial charge is 0.416 e. The number of amides is 2. The van der Waals surface area contributed by atoms with E-state index < -0.39 is 88.8 Å². The number of allylic oxidation sites excluding steroid dienone is 4. The van der Waals surface area contributed by atoms with Crippen LogP contribution in [0.4, 0.5) is 4.79 Å². The van der Waals surface area contributed by atoms with Crippen molar-refractivity contribution in [3.63, 3.8) is 0 Å². The Morgan fingerprint density at radius 2 is 1.55 bits per heavy atom. The molecule has 10 atom stereocenters. The van der Waals surface area contributed by atoms with Crippen molar-refractivity contribution in [3.05, 3.63) is 94.9 Å². The van der Waals surface area contributed by atoms with Gasteiger partial charge in [0.25, 0.3) is 11.7 Å². The van der Waals surface area contributed by atoms with Crippen LogP contribution < -0.4 is 14.8 Å². The van der Waals surface area contributed by atoms with Gasteiger partial charge in [0.05, 0.1) is 41.3 Å². The summed E-state index contributed by atoms with van der Waals surface area (Å²) in [5, 5.41) is 15.1. The van der Waals surface area contributed by atoms with Crippen LogP contribution in [0.1, 0.15) is 114 Å². The highest BCUT2D eigenvalue weighted by Crippen LogP contribution is 2.55. The van der Waals surface area contributed by atoms with Gasteiger partial charge in [-0.1, -0.05) is 91.2 Å². The van der Waals surface area contributed by atoms with E-state index in [1.807, 2.05) is 40.7 Å². The van der Waals surface area contributed by atoms with Gasteiger partial charge in [-0.3, -0.25) is 24.1 Å². The number of piperidine rings is 1. The number of carbonyl (C=O) groups excluding carboxylic acids is 5. The predicted octanol–water partition coefficient (Wildman–Crippen LogP) is 7.03. The Hall–Kier alpha value is -5.76. The fourth-order valence-corrected chi connectivity index (χ4v) is 11.6. The molecule has 1 unspecified atom stereocenters. The quantitative estimate of drug-likeness (QED) is 0.198. The lowest BCUT2D eigenvalue weighted by molar-refractivity contribution is -0.336. The number of aliphatic hydroxyl groups is 1. The van der Waals surface area contributed by atoms with Gasteiger partial charge in [0.15, 0.2) is 5.79 Å². The molecule has 1 aromatic carbocycles. The number of ether oxygens (including phenoxy) is 8. The minimum Gasteiger partial charge on any atom is -0.456 e. The molecule has 2 fully saturated rings. The first-order chi connectivity index (χ1) is 34.9. The number of aliphatic hydroxyl groups excluding tert-OH is 1. The second-order valence-corrected chi connectivity index (χ2v) is 21.7. The van der Waals surface area contributed by atoms with Gasteiger partial charge in [0.1, 0.15) is 41.8 Å². The van der Waals surface area contributed by atoms with E-state index in [0.29, 0.717) is 19.0 Å². The maximum absolute atomic E-state index is 16.0. The molecule has 6 heterocycles. The van der Waals surface area contributed by atoms with Gasteiger partial charge in [-0.2, -0.15) is 0 Å². The number of fused-ring (bicyclic) bond motifs is 8. The van der Waals surface area contributed by atoms with Gasteiger partial charge in [-0.15, -0.1) is 0 Å². The van der Waals surface area contributed by atoms with Gasteiger partial charge in [0.2, 0.25) is 11.6 Å². The van der Waals surface area contributed by atoms with Crippen molar-refractivity contribution in [1.29, 1.82) is 0 Å². The third-order valence-corrected chi connectivity index (χ3v) is 15.3. The molecule has 1 aromatic rings. The summed E-state index contributed by atoms with van der Waals surface area (Å²) < 4.78 is 50.5. The molecule has 8 bridgehead atoms. The Morgan fingerprint density at radius 1 is 0.905 bits per heavy atom. The average molecular weight is 1030 g/mol. The standard InChI is InChI=1S/C56H72N4O14/c1-15-26-68-51(65)56-21-20-36(67-14)32(7)43(61)33(8)46-34(9)45(70-53(11,12)71-46)30(5)18-17-19-31(6)50(64)57-41-42-40(58-55(60(42)52(66)69-27-16-2)22-24-59(25-23-55)28-29(3)4)37-38(44(41)62)47(73-56)35(10)48-39(37)49(63)54(13,72-48)74-56/h15-21,29-30,32-34,36,43,45-46,61H,1-2,22-28H2,3-14H3,(H,57,64)/b18-17+,21-20+,31-19-/t30-,32+,33-,34+,36-,43+,45-,46-,54+,56?/m0/s1. The number of rotatable bonds is 8. The van der Waals surface area contributed by atoms with E-state index in [0.717, 1.165) is 6.54 Å². The topological polar surface area (TPSA) is 210 Å². The lowest BCUT2D eigenvalue weighted by Gasteiger charge is -2.49. The molecule has 18 nitrogen and oxygen atoms in total. The number of aliphatic imine (C=N–C) groups is 1. The van der Waals surface area contributed by atoms with E-state index in [1.54, 1.807) is 32.9 Å². The number of methoxy groups -OCH3 is 1. The summed E-state index contributed by atoms with van der Waals surface area (Å²) in [4.78, 5) is 84.6. The second kappa shape index (κ2) is 20.4. The first kappa shape index (κ1) is 54.5. The van der Waals surface area contributed by atoms with Gasteiger partial charge >= 0.3 is 17.8 Å². The number of ketones is 2. The zero-order chi connectivity index (χ0) is 54.0. The third kappa shape index (κ3) is 9.39. The highest BCUT2D eigenvalue weighted by atomic mass is 16.8. The van der Waals surface area contributed by atoms with E-state index in [9.17, 15) is 19.5 Å². The number of benzene rings is 1. The van der Waals surface area contributed by atoms with E-state index in [2.05, 4.69) is 37.2 Å². The number of Topliss-reactive ketones (excluding diaryl/α,β-unsaturated/α-hetero) is 2. The summed E-state index contributed by atoms with van der Waals surface area (Å²) in [6.45, 7) is 28.8. The lowest BCUT2D eigenvalue weighted by atomic mass is 9.77. The maximum Gasteiger partial charge on any atom is 0.416 e. The van der Waals surface area contributed by atoms with E-state index in [1.165, 1.54) is 43.2 Å². The number of likely N-dealkylation sites (tertiary alicyclic amines) is 1. The fourth-order valence-electron chi connectivity index (χ4n) is 11.6. The number of hydrogen-bond acceptors (Lipinski definition) is 16. The second-order valence-electron chi connectivity index (χ2n) is 21.7. The molecule has 0 aromatic heterocycles. The van der Waals surface area contributed by atoms with Crippen LogP contribution in [-0.2, 0) is 38.0 Å². The highest BCUT2D eigenvalue weighted by molar-refractivity contribution is 6.35. The Morgan fingerprint density at radius 3 is 2.20 bits per heavy atom. The van der Waals surface area contributed by atoms with Crippen LogP contribution in [0.25, 0.3) is 0 Å². The van der Waals surface area contributed by atoms with Crippen LogP contribution in [0, 0.1) is 36.5 Å². The summed E-state index contributed by atoms with van der Waals surface area (Å²) in [6, 6.07) is 0. The Labute approximate surface area is 433 Å². The zero-order valence-electron chi connectivity index (χ0n) is 44.7. The normalized spacial score (nSPS) is 34.0. The molecule has 0 radical (unpaired) electrons. The highest BCUT2D eigenvalue weighted by Gasteiger charge is 2.63. The number of hydrogen-bond donors (Lipinski definition) is 2. The van der Waals surface area contributed by atoms with Gasteiger partial charge < -0.3 is 48.5 Å². The minimum absolute atomic E-state index is 0.00387. The Bertz CT molecular complexity index is 2670. The molecule has 2 N–H and O–H groups in total. The molecule has 7 aliphatic rings. The van der Waals surface area contributed by atoms with Gasteiger partial charge in [0, 0.05) is 86.9 Å². The van der Waals surface area contributed by atoms with Crippen LogP contribution in [0.15, 0.2) is 77.6 Å². The van der Waals surface area contributed by atoms with Crippen molar-refractivity contribution in [2.75, 3.05) is 40.0 Å². The molecule has 8 rings (SSSR count). The summed E-state index contributed by atoms with van der Waals surface area (Å²) in [7, 11) is 1.45. The zero-order valence-corrected chi connectivity index (χ0v) is 44.7. The van der Waals surface area contributed by atoms with E-state index in [-0.39, 0.29) is 94.3 Å². The van der Waals surface area contributed by atoms with Crippen molar-refractivity contribution in [2.24, 2.45) is 34.6 Å². The first-order valence-electron chi connectivity index (χ1n) is 25.6. The molecule has 400 valence electrons. The Balaban J connectivity index is 1.41. The molecule has 2 saturated heterocycles. The van der Waals surface area contributed by atoms with Gasteiger partial charge in [-0.05, 0) is 39.7 Å². The number of nitrogens with one attached hydrogen (secondary N) is 1. The largest absolute Gasteiger partial charge is 0.456 e. The summed E-state index contributed by atoms with van der Waals surface area (Å²) >= 11 is 0. The van der Waals surface area contributed by atoms with Gasteiger partial charge in [-0.25, -0.2) is 14.5 Å². The molecule has 18 heteroatoms. The van der Waals surface area contributed by atoms with E-state index in [4.69, 9.17) is 42.9 Å². The SMILES string of the molecule is C=CCOC(=O)N1C2=C3NC(=O)/C(C)=C\C=C\[C@H](C)[C@@H]4OC(C)(C)O[C@@H]([C@@H](C)[C@H](O)[C@H](C)[C@@H](OC)/C=C/C5(C(=O)OCC=C)Oc6c(C)c7c(c(c6C3=O)C2=NC12CCN(CC(C)C)CC2)C(=O)[C@](C)(O7)O5)[C@@H]4C. The Kier molecular flexibility index (Phi) is 15.0. The van der Waals surface area contributed by atoms with Crippen molar-refractivity contribution in [2.45, 2.75) is 136 Å². The van der Waals surface area contributed by atoms with Crippen LogP contribution >= 0.6 is 0 Å². The monoisotopic (exact) mass is 1020 g/mol. The lowest BCUT2D eigenvalue weighted by Crippen LogP contribution is -2.57. The van der Waals surface area contributed by atoms with Crippen molar-refractivity contribution < 1.29 is 67.0 Å². The number of nitrogens with zero attached hydrogens (tertiary/aromatic N) is 3. The molecule has 1 aliphatic carbocycles.